The monoisotopic (exact) mass is 452 g/mol. The minimum atomic E-state index is -0.456. The topological polar surface area (TPSA) is 85.8 Å². The summed E-state index contributed by atoms with van der Waals surface area (Å²) in [6.45, 7) is 3.87. The fourth-order valence-corrected chi connectivity index (χ4v) is 4.30. The van der Waals surface area contributed by atoms with Crippen molar-refractivity contribution in [1.82, 2.24) is 15.3 Å². The van der Waals surface area contributed by atoms with E-state index in [1.54, 1.807) is 38.4 Å². The Morgan fingerprint density at radius 2 is 2.18 bits per heavy atom. The second-order valence-electron chi connectivity index (χ2n) is 8.31. The van der Waals surface area contributed by atoms with Gasteiger partial charge < -0.3 is 19.5 Å². The molecule has 9 heteroatoms. The van der Waals surface area contributed by atoms with Crippen LogP contribution in [0.5, 0.6) is 11.6 Å². The van der Waals surface area contributed by atoms with E-state index in [0.29, 0.717) is 43.4 Å². The molecule has 1 aromatic carbocycles. The number of pyridine rings is 2. The van der Waals surface area contributed by atoms with Gasteiger partial charge in [0, 0.05) is 24.1 Å². The van der Waals surface area contributed by atoms with Crippen molar-refractivity contribution in [3.05, 3.63) is 53.5 Å². The molecule has 2 atom stereocenters. The molecule has 3 aromatic rings. The van der Waals surface area contributed by atoms with Gasteiger partial charge in [0.2, 0.25) is 5.88 Å². The maximum Gasteiger partial charge on any atom is 0.414 e. The minimum absolute atomic E-state index is 0.177. The third-order valence-electron chi connectivity index (χ3n) is 6.13. The summed E-state index contributed by atoms with van der Waals surface area (Å²) in [6, 6.07) is 8.45. The molecule has 2 aliphatic heterocycles. The number of hydrogen-bond acceptors (Lipinski definition) is 7. The molecular formula is C24H25FN4O4. The number of hydrogen-bond donors (Lipinski definition) is 1. The predicted octanol–water partition coefficient (Wildman–Crippen LogP) is 3.57. The second-order valence-corrected chi connectivity index (χ2v) is 8.31. The smallest absolute Gasteiger partial charge is 0.414 e. The molecule has 2 aliphatic rings. The highest BCUT2D eigenvalue weighted by Gasteiger charge is 2.33. The molecule has 0 radical (unpaired) electrons. The number of cyclic esters (lactones) is 1. The molecule has 33 heavy (non-hydrogen) atoms. The highest BCUT2D eigenvalue weighted by Crippen LogP contribution is 2.39. The molecule has 0 spiro atoms. The Balaban J connectivity index is 1.18. The molecule has 0 aliphatic carbocycles. The fourth-order valence-electron chi connectivity index (χ4n) is 4.30. The number of ether oxygens (including phenoxy) is 3. The van der Waals surface area contributed by atoms with Crippen LogP contribution in [0.2, 0.25) is 0 Å². The maximum absolute atomic E-state index is 13.9. The van der Waals surface area contributed by atoms with Gasteiger partial charge in [-0.05, 0) is 43.7 Å². The highest BCUT2D eigenvalue weighted by molar-refractivity contribution is 5.89. The first kappa shape index (κ1) is 21.4. The SMILES string of the molecule is COc1ccc2ncc3c(c2n1)[C@@H](CCNCC1CN(c2ccc(C)c(F)c2)C(=O)O1)CO3. The summed E-state index contributed by atoms with van der Waals surface area (Å²) >= 11 is 0. The van der Waals surface area contributed by atoms with Crippen LogP contribution in [0.25, 0.3) is 11.0 Å². The number of halogens is 1. The Labute approximate surface area is 190 Å². The minimum Gasteiger partial charge on any atom is -0.491 e. The van der Waals surface area contributed by atoms with Crippen molar-refractivity contribution in [2.45, 2.75) is 25.4 Å². The van der Waals surface area contributed by atoms with Gasteiger partial charge in [0.15, 0.2) is 0 Å². The van der Waals surface area contributed by atoms with Gasteiger partial charge in [0.05, 0.1) is 37.7 Å². The summed E-state index contributed by atoms with van der Waals surface area (Å²) in [7, 11) is 1.59. The molecule has 1 saturated heterocycles. The van der Waals surface area contributed by atoms with Gasteiger partial charge in [-0.1, -0.05) is 6.07 Å². The summed E-state index contributed by atoms with van der Waals surface area (Å²) < 4.78 is 30.5. The van der Waals surface area contributed by atoms with E-state index in [9.17, 15) is 9.18 Å². The highest BCUT2D eigenvalue weighted by atomic mass is 19.1. The number of aromatic nitrogens is 2. The molecule has 2 aromatic heterocycles. The standard InChI is InChI=1S/C24H25FN4O4/c1-14-3-4-16(9-18(14)25)29-12-17(33-24(29)30)10-26-8-7-15-13-32-20-11-27-19-5-6-21(31-2)28-23(19)22(15)20/h3-6,9,11,15,17,26H,7-8,10,12-13H2,1-2H3/t15-,17?/m0/s1. The zero-order valence-corrected chi connectivity index (χ0v) is 18.5. The van der Waals surface area contributed by atoms with Crippen molar-refractivity contribution < 1.29 is 23.4 Å². The predicted molar refractivity (Wildman–Crippen MR) is 121 cm³/mol. The van der Waals surface area contributed by atoms with Crippen molar-refractivity contribution >= 4 is 22.8 Å². The summed E-state index contributed by atoms with van der Waals surface area (Å²) in [6.07, 6.45) is 1.82. The number of nitrogens with one attached hydrogen (secondary N) is 1. The Hall–Kier alpha value is -3.46. The zero-order valence-electron chi connectivity index (χ0n) is 18.5. The maximum atomic E-state index is 13.9. The molecule has 8 nitrogen and oxygen atoms in total. The lowest BCUT2D eigenvalue weighted by atomic mass is 9.97. The van der Waals surface area contributed by atoms with Crippen molar-refractivity contribution in [3.8, 4) is 11.6 Å². The first-order chi connectivity index (χ1) is 16.0. The van der Waals surface area contributed by atoms with Crippen LogP contribution in [0.3, 0.4) is 0 Å². The number of aryl methyl sites for hydroxylation is 1. The van der Waals surface area contributed by atoms with E-state index in [0.717, 1.165) is 28.8 Å². The lowest BCUT2D eigenvalue weighted by Crippen LogP contribution is -2.32. The van der Waals surface area contributed by atoms with E-state index < -0.39 is 6.09 Å². The Kier molecular flexibility index (Phi) is 5.72. The molecule has 5 rings (SSSR count). The van der Waals surface area contributed by atoms with E-state index in [4.69, 9.17) is 14.2 Å². The Morgan fingerprint density at radius 3 is 3.00 bits per heavy atom. The summed E-state index contributed by atoms with van der Waals surface area (Å²) in [4.78, 5) is 22.7. The van der Waals surface area contributed by atoms with Crippen LogP contribution in [0, 0.1) is 12.7 Å². The van der Waals surface area contributed by atoms with E-state index in [2.05, 4.69) is 15.3 Å². The summed E-state index contributed by atoms with van der Waals surface area (Å²) in [5, 5.41) is 3.37. The largest absolute Gasteiger partial charge is 0.491 e. The van der Waals surface area contributed by atoms with E-state index in [1.165, 1.54) is 11.0 Å². The van der Waals surface area contributed by atoms with Crippen LogP contribution < -0.4 is 19.7 Å². The average molecular weight is 452 g/mol. The van der Waals surface area contributed by atoms with Crippen LogP contribution in [0.1, 0.15) is 23.5 Å². The molecule has 1 amide bonds. The molecule has 0 bridgehead atoms. The number of carbonyl (C=O) groups is 1. The van der Waals surface area contributed by atoms with Gasteiger partial charge in [0.1, 0.15) is 23.2 Å². The number of nitrogens with zero attached hydrogens (tertiary/aromatic N) is 3. The first-order valence-corrected chi connectivity index (χ1v) is 10.9. The van der Waals surface area contributed by atoms with Crippen LogP contribution in [0.15, 0.2) is 36.5 Å². The normalized spacial score (nSPS) is 19.5. The average Bonchev–Trinajstić information content (AvgIpc) is 3.41. The van der Waals surface area contributed by atoms with Gasteiger partial charge in [0.25, 0.3) is 0 Å². The summed E-state index contributed by atoms with van der Waals surface area (Å²) in [5.41, 5.74) is 3.72. The summed E-state index contributed by atoms with van der Waals surface area (Å²) in [5.74, 6) is 1.15. The first-order valence-electron chi connectivity index (χ1n) is 10.9. The number of rotatable bonds is 7. The van der Waals surface area contributed by atoms with Crippen LogP contribution in [-0.4, -0.2) is 55.5 Å². The molecule has 0 saturated carbocycles. The number of carbonyl (C=O) groups excluding carboxylic acids is 1. The van der Waals surface area contributed by atoms with Gasteiger partial charge in [-0.25, -0.2) is 14.2 Å². The number of anilines is 1. The fraction of sp³-hybridized carbons (Fsp3) is 0.375. The van der Waals surface area contributed by atoms with Gasteiger partial charge in [-0.15, -0.1) is 0 Å². The van der Waals surface area contributed by atoms with Crippen molar-refractivity contribution in [2.75, 3.05) is 38.3 Å². The lowest BCUT2D eigenvalue weighted by molar-refractivity contribution is 0.140. The van der Waals surface area contributed by atoms with Gasteiger partial charge in [-0.3, -0.25) is 9.88 Å². The molecule has 1 N–H and O–H groups in total. The van der Waals surface area contributed by atoms with Gasteiger partial charge in [-0.2, -0.15) is 0 Å². The Morgan fingerprint density at radius 1 is 1.30 bits per heavy atom. The van der Waals surface area contributed by atoms with E-state index in [1.807, 2.05) is 6.07 Å². The number of amides is 1. The Bertz CT molecular complexity index is 1200. The third kappa shape index (κ3) is 4.16. The number of benzene rings is 1. The zero-order chi connectivity index (χ0) is 22.9. The van der Waals surface area contributed by atoms with Crippen molar-refractivity contribution in [1.29, 1.82) is 0 Å². The van der Waals surface area contributed by atoms with E-state index >= 15 is 0 Å². The lowest BCUT2D eigenvalue weighted by Gasteiger charge is -2.14. The van der Waals surface area contributed by atoms with Crippen LogP contribution >= 0.6 is 0 Å². The third-order valence-corrected chi connectivity index (χ3v) is 6.13. The molecule has 4 heterocycles. The molecular weight excluding hydrogens is 427 g/mol. The molecule has 1 fully saturated rings. The molecule has 1 unspecified atom stereocenters. The van der Waals surface area contributed by atoms with Gasteiger partial charge >= 0.3 is 6.09 Å². The van der Waals surface area contributed by atoms with Crippen molar-refractivity contribution in [3.63, 3.8) is 0 Å². The quantitative estimate of drug-likeness (QED) is 0.549. The van der Waals surface area contributed by atoms with Crippen molar-refractivity contribution in [2.24, 2.45) is 0 Å². The number of methoxy groups -OCH3 is 1. The van der Waals surface area contributed by atoms with Crippen LogP contribution in [-0.2, 0) is 4.74 Å². The number of fused-ring (bicyclic) bond motifs is 3. The van der Waals surface area contributed by atoms with E-state index in [-0.39, 0.29) is 17.8 Å². The second kappa shape index (κ2) is 8.82. The molecule has 172 valence electrons. The van der Waals surface area contributed by atoms with Crippen LogP contribution in [0.4, 0.5) is 14.9 Å².